The van der Waals surface area contributed by atoms with E-state index in [0.29, 0.717) is 0 Å². The lowest BCUT2D eigenvalue weighted by molar-refractivity contribution is 0.345. The predicted molar refractivity (Wildman–Crippen MR) is 71.1 cm³/mol. The Labute approximate surface area is 103 Å². The normalized spacial score (nSPS) is 20.6. The molecule has 17 heavy (non-hydrogen) atoms. The van der Waals surface area contributed by atoms with Gasteiger partial charge in [0.1, 0.15) is 0 Å². The van der Waals surface area contributed by atoms with E-state index in [1.807, 2.05) is 18.5 Å². The summed E-state index contributed by atoms with van der Waals surface area (Å²) in [4.78, 5) is 6.83. The topological polar surface area (TPSA) is 33.1 Å². The van der Waals surface area contributed by atoms with Crippen LogP contribution in [0.3, 0.4) is 0 Å². The van der Waals surface area contributed by atoms with E-state index in [-0.39, 0.29) is 0 Å². The highest BCUT2D eigenvalue weighted by Crippen LogP contribution is 2.16. The standard InChI is InChI=1S/C13H22N4/c1-3-7-17-9-6-14-13(17)15-10-12-5-8-16(4-2)11-12/h3,6,9,12H,1,4-5,7-8,10-11H2,2H3,(H,14,15). The second kappa shape index (κ2) is 5.87. The highest BCUT2D eigenvalue weighted by Gasteiger charge is 2.20. The van der Waals surface area contributed by atoms with Gasteiger partial charge in [0.2, 0.25) is 5.95 Å². The molecule has 1 N–H and O–H groups in total. The van der Waals surface area contributed by atoms with Gasteiger partial charge in [0, 0.05) is 32.0 Å². The maximum absolute atomic E-state index is 4.33. The fourth-order valence-electron chi connectivity index (χ4n) is 2.37. The summed E-state index contributed by atoms with van der Waals surface area (Å²) in [6.45, 7) is 11.4. The first kappa shape index (κ1) is 12.2. The van der Waals surface area contributed by atoms with Crippen molar-refractivity contribution in [2.45, 2.75) is 19.9 Å². The molecule has 4 heteroatoms. The van der Waals surface area contributed by atoms with Gasteiger partial charge in [-0.3, -0.25) is 0 Å². The Morgan fingerprint density at radius 3 is 3.24 bits per heavy atom. The van der Waals surface area contributed by atoms with Gasteiger partial charge in [0.25, 0.3) is 0 Å². The Hall–Kier alpha value is -1.29. The van der Waals surface area contributed by atoms with Crippen molar-refractivity contribution < 1.29 is 0 Å². The van der Waals surface area contributed by atoms with E-state index in [1.165, 1.54) is 26.1 Å². The Morgan fingerprint density at radius 2 is 2.53 bits per heavy atom. The lowest BCUT2D eigenvalue weighted by atomic mass is 10.1. The van der Waals surface area contributed by atoms with Crippen molar-refractivity contribution in [1.82, 2.24) is 14.5 Å². The number of hydrogen-bond acceptors (Lipinski definition) is 3. The van der Waals surface area contributed by atoms with Crippen molar-refractivity contribution in [1.29, 1.82) is 0 Å². The van der Waals surface area contributed by atoms with Crippen molar-refractivity contribution in [2.24, 2.45) is 5.92 Å². The minimum Gasteiger partial charge on any atom is -0.355 e. The number of anilines is 1. The largest absolute Gasteiger partial charge is 0.355 e. The molecule has 1 aromatic rings. The van der Waals surface area contributed by atoms with Crippen molar-refractivity contribution in [2.75, 3.05) is 31.5 Å². The first-order chi connectivity index (χ1) is 8.33. The number of allylic oxidation sites excluding steroid dienone is 1. The van der Waals surface area contributed by atoms with Crippen LogP contribution in [0.15, 0.2) is 25.0 Å². The Bertz CT molecular complexity index is 358. The third-order valence-corrected chi connectivity index (χ3v) is 3.41. The first-order valence-electron chi connectivity index (χ1n) is 6.41. The molecule has 0 radical (unpaired) electrons. The molecule has 1 aromatic heterocycles. The molecule has 2 rings (SSSR count). The van der Waals surface area contributed by atoms with Gasteiger partial charge in [-0.05, 0) is 25.4 Å². The summed E-state index contributed by atoms with van der Waals surface area (Å²) in [5.41, 5.74) is 0. The quantitative estimate of drug-likeness (QED) is 0.762. The summed E-state index contributed by atoms with van der Waals surface area (Å²) in [6.07, 6.45) is 7.00. The molecular formula is C13H22N4. The maximum atomic E-state index is 4.33. The molecule has 2 heterocycles. The average Bonchev–Trinajstić information content (AvgIpc) is 2.95. The summed E-state index contributed by atoms with van der Waals surface area (Å²) in [7, 11) is 0. The lowest BCUT2D eigenvalue weighted by Crippen LogP contribution is -2.23. The molecular weight excluding hydrogens is 212 g/mol. The highest BCUT2D eigenvalue weighted by molar-refractivity contribution is 5.26. The van der Waals surface area contributed by atoms with Crippen LogP contribution in [0.25, 0.3) is 0 Å². The average molecular weight is 234 g/mol. The van der Waals surface area contributed by atoms with Crippen LogP contribution in [0.2, 0.25) is 0 Å². The number of likely N-dealkylation sites (tertiary alicyclic amines) is 1. The lowest BCUT2D eigenvalue weighted by Gasteiger charge is -2.14. The molecule has 0 spiro atoms. The van der Waals surface area contributed by atoms with E-state index < -0.39 is 0 Å². The van der Waals surface area contributed by atoms with E-state index in [9.17, 15) is 0 Å². The number of nitrogens with one attached hydrogen (secondary N) is 1. The smallest absolute Gasteiger partial charge is 0.203 e. The maximum Gasteiger partial charge on any atom is 0.203 e. The first-order valence-corrected chi connectivity index (χ1v) is 6.41. The summed E-state index contributed by atoms with van der Waals surface area (Å²) in [5.74, 6) is 1.71. The van der Waals surface area contributed by atoms with Crippen LogP contribution < -0.4 is 5.32 Å². The van der Waals surface area contributed by atoms with Crippen LogP contribution in [0.4, 0.5) is 5.95 Å². The van der Waals surface area contributed by atoms with Crippen LogP contribution in [0.5, 0.6) is 0 Å². The molecule has 0 aliphatic carbocycles. The third kappa shape index (κ3) is 3.09. The molecule has 0 aromatic carbocycles. The van der Waals surface area contributed by atoms with Gasteiger partial charge in [0.05, 0.1) is 0 Å². The molecule has 1 aliphatic heterocycles. The molecule has 4 nitrogen and oxygen atoms in total. The summed E-state index contributed by atoms with van der Waals surface area (Å²) < 4.78 is 2.08. The SMILES string of the molecule is C=CCn1ccnc1NCC1CCN(CC)C1. The molecule has 1 aliphatic rings. The zero-order valence-corrected chi connectivity index (χ0v) is 10.6. The van der Waals surface area contributed by atoms with E-state index in [0.717, 1.165) is 25.0 Å². The van der Waals surface area contributed by atoms with Gasteiger partial charge >= 0.3 is 0 Å². The fraction of sp³-hybridized carbons (Fsp3) is 0.615. The molecule has 1 fully saturated rings. The second-order valence-electron chi connectivity index (χ2n) is 4.62. The van der Waals surface area contributed by atoms with Crippen molar-refractivity contribution in [3.8, 4) is 0 Å². The number of hydrogen-bond donors (Lipinski definition) is 1. The molecule has 94 valence electrons. The van der Waals surface area contributed by atoms with Gasteiger partial charge in [-0.15, -0.1) is 6.58 Å². The van der Waals surface area contributed by atoms with E-state index in [2.05, 4.69) is 33.3 Å². The number of nitrogens with zero attached hydrogens (tertiary/aromatic N) is 3. The number of aromatic nitrogens is 2. The van der Waals surface area contributed by atoms with E-state index in [4.69, 9.17) is 0 Å². The molecule has 1 atom stereocenters. The van der Waals surface area contributed by atoms with Gasteiger partial charge in [-0.2, -0.15) is 0 Å². The van der Waals surface area contributed by atoms with Gasteiger partial charge in [-0.25, -0.2) is 4.98 Å². The molecule has 0 amide bonds. The number of rotatable bonds is 6. The van der Waals surface area contributed by atoms with Crippen LogP contribution in [0, 0.1) is 5.92 Å². The molecule has 0 saturated carbocycles. The Morgan fingerprint density at radius 1 is 1.65 bits per heavy atom. The zero-order chi connectivity index (χ0) is 12.1. The van der Waals surface area contributed by atoms with Crippen LogP contribution >= 0.6 is 0 Å². The molecule has 1 unspecified atom stereocenters. The summed E-state index contributed by atoms with van der Waals surface area (Å²) in [6, 6.07) is 0. The fourth-order valence-corrected chi connectivity index (χ4v) is 2.37. The van der Waals surface area contributed by atoms with Gasteiger partial charge < -0.3 is 14.8 Å². The van der Waals surface area contributed by atoms with Crippen molar-refractivity contribution >= 4 is 5.95 Å². The van der Waals surface area contributed by atoms with Crippen LogP contribution in [-0.4, -0.2) is 40.6 Å². The third-order valence-electron chi connectivity index (χ3n) is 3.41. The Balaban J connectivity index is 1.81. The van der Waals surface area contributed by atoms with Crippen LogP contribution in [-0.2, 0) is 6.54 Å². The molecule has 0 bridgehead atoms. The van der Waals surface area contributed by atoms with E-state index in [1.54, 1.807) is 0 Å². The van der Waals surface area contributed by atoms with Gasteiger partial charge in [0.15, 0.2) is 0 Å². The molecule has 1 saturated heterocycles. The summed E-state index contributed by atoms with van der Waals surface area (Å²) in [5, 5.41) is 3.44. The minimum absolute atomic E-state index is 0.754. The zero-order valence-electron chi connectivity index (χ0n) is 10.6. The minimum atomic E-state index is 0.754. The van der Waals surface area contributed by atoms with Crippen molar-refractivity contribution in [3.63, 3.8) is 0 Å². The van der Waals surface area contributed by atoms with E-state index >= 15 is 0 Å². The second-order valence-corrected chi connectivity index (χ2v) is 4.62. The van der Waals surface area contributed by atoms with Gasteiger partial charge in [-0.1, -0.05) is 13.0 Å². The van der Waals surface area contributed by atoms with Crippen molar-refractivity contribution in [3.05, 3.63) is 25.0 Å². The van der Waals surface area contributed by atoms with Crippen LogP contribution in [0.1, 0.15) is 13.3 Å². The number of imidazole rings is 1. The highest BCUT2D eigenvalue weighted by atomic mass is 15.2. The predicted octanol–water partition coefficient (Wildman–Crippen LogP) is 1.82. The summed E-state index contributed by atoms with van der Waals surface area (Å²) >= 11 is 0. The monoisotopic (exact) mass is 234 g/mol. The Kier molecular flexibility index (Phi) is 4.20.